The van der Waals surface area contributed by atoms with E-state index in [0.29, 0.717) is 32.5 Å². The number of aromatic nitrogens is 5. The molecule has 4 aromatic rings. The third-order valence-electron chi connectivity index (χ3n) is 5.68. The summed E-state index contributed by atoms with van der Waals surface area (Å²) in [7, 11) is 1.61. The lowest BCUT2D eigenvalue weighted by Gasteiger charge is -2.05. The Kier molecular flexibility index (Phi) is 6.51. The number of aromatic amines is 1. The first-order chi connectivity index (χ1) is 16.7. The van der Waals surface area contributed by atoms with Crippen LogP contribution in [0.2, 0.25) is 0 Å². The molecular weight excluding hydrogens is 448 g/mol. The molecule has 9 heteroatoms. The molecule has 0 aliphatic heterocycles. The number of fused-ring (bicyclic) bond motifs is 3. The molecule has 1 aromatic carbocycles. The standard InChI is InChI=1S/C25H24N6O2S/c1-33-9-8-27-23(32)5-3-2-4-20-11-19(14-34-20)24-22-12-18-7-6-17(13-31-16-26-15-28-31)10-21(18)25(22)30-29-24/h6-7,10-11,14-16H,3,5,8-9,12-13H2,1H3,(H,27,32)(H,29,30). The first kappa shape index (κ1) is 22.1. The number of carbonyl (C=O) groups is 1. The van der Waals surface area contributed by atoms with Gasteiger partial charge in [0.15, 0.2) is 0 Å². The number of rotatable bonds is 8. The molecule has 0 bridgehead atoms. The van der Waals surface area contributed by atoms with Crippen LogP contribution in [0.4, 0.5) is 0 Å². The van der Waals surface area contributed by atoms with Crippen LogP contribution in [-0.2, 0) is 22.5 Å². The Hall–Kier alpha value is -3.74. The molecule has 1 amide bonds. The predicted molar refractivity (Wildman–Crippen MR) is 130 cm³/mol. The molecule has 5 rings (SSSR count). The van der Waals surface area contributed by atoms with Crippen molar-refractivity contribution in [2.75, 3.05) is 20.3 Å². The molecule has 0 fully saturated rings. The lowest BCUT2D eigenvalue weighted by atomic mass is 10.1. The normalized spacial score (nSPS) is 11.6. The summed E-state index contributed by atoms with van der Waals surface area (Å²) in [5.74, 6) is 6.27. The fourth-order valence-corrected chi connectivity index (χ4v) is 4.79. The monoisotopic (exact) mass is 472 g/mol. The minimum Gasteiger partial charge on any atom is -0.383 e. The molecule has 8 nitrogen and oxygen atoms in total. The largest absolute Gasteiger partial charge is 0.383 e. The van der Waals surface area contributed by atoms with E-state index in [1.807, 2.05) is 4.68 Å². The summed E-state index contributed by atoms with van der Waals surface area (Å²) < 4.78 is 6.74. The van der Waals surface area contributed by atoms with Gasteiger partial charge in [-0.1, -0.05) is 24.0 Å². The molecule has 172 valence electrons. The smallest absolute Gasteiger partial charge is 0.221 e. The maximum Gasteiger partial charge on any atom is 0.221 e. The van der Waals surface area contributed by atoms with Gasteiger partial charge in [-0.3, -0.25) is 9.89 Å². The highest BCUT2D eigenvalue weighted by atomic mass is 32.1. The molecule has 0 saturated carbocycles. The molecule has 2 N–H and O–H groups in total. The zero-order valence-corrected chi connectivity index (χ0v) is 19.6. The fraction of sp³-hybridized carbons (Fsp3) is 0.280. The van der Waals surface area contributed by atoms with Gasteiger partial charge in [-0.25, -0.2) is 9.67 Å². The van der Waals surface area contributed by atoms with Crippen molar-refractivity contribution < 1.29 is 9.53 Å². The SMILES string of the molecule is COCCNC(=O)CCC#Cc1cc(-c2n[nH]c3c2Cc2ccc(Cn4cncn4)cc2-3)cs1. The van der Waals surface area contributed by atoms with Crippen molar-refractivity contribution in [1.82, 2.24) is 30.3 Å². The van der Waals surface area contributed by atoms with Gasteiger partial charge in [-0.2, -0.15) is 10.2 Å². The van der Waals surface area contributed by atoms with Crippen LogP contribution in [0.3, 0.4) is 0 Å². The summed E-state index contributed by atoms with van der Waals surface area (Å²) in [5.41, 5.74) is 8.03. The number of H-pyrrole nitrogens is 1. The van der Waals surface area contributed by atoms with Gasteiger partial charge in [0.05, 0.1) is 29.4 Å². The number of ether oxygens (including phenoxy) is 1. The van der Waals surface area contributed by atoms with E-state index in [1.54, 1.807) is 31.1 Å². The van der Waals surface area contributed by atoms with E-state index in [4.69, 9.17) is 4.74 Å². The van der Waals surface area contributed by atoms with Gasteiger partial charge in [-0.05, 0) is 23.3 Å². The number of amides is 1. The summed E-state index contributed by atoms with van der Waals surface area (Å²) in [6.45, 7) is 1.73. The van der Waals surface area contributed by atoms with Crippen LogP contribution in [-0.4, -0.2) is 51.1 Å². The van der Waals surface area contributed by atoms with E-state index in [0.717, 1.165) is 28.2 Å². The lowest BCUT2D eigenvalue weighted by Crippen LogP contribution is -2.26. The molecule has 3 aromatic heterocycles. The van der Waals surface area contributed by atoms with Crippen molar-refractivity contribution >= 4 is 17.2 Å². The Bertz CT molecular complexity index is 1360. The number of methoxy groups -OCH3 is 1. The molecule has 1 aliphatic rings. The van der Waals surface area contributed by atoms with Crippen LogP contribution >= 0.6 is 11.3 Å². The Labute approximate surface area is 201 Å². The summed E-state index contributed by atoms with van der Waals surface area (Å²) in [4.78, 5) is 16.7. The second kappa shape index (κ2) is 10.0. The first-order valence-electron chi connectivity index (χ1n) is 11.1. The molecular formula is C25H24N6O2S. The van der Waals surface area contributed by atoms with Gasteiger partial charge < -0.3 is 10.1 Å². The number of hydrogen-bond donors (Lipinski definition) is 2. The minimum atomic E-state index is -0.00526. The van der Waals surface area contributed by atoms with Gasteiger partial charge in [0.25, 0.3) is 0 Å². The maximum absolute atomic E-state index is 11.7. The van der Waals surface area contributed by atoms with E-state index in [2.05, 4.69) is 67.1 Å². The van der Waals surface area contributed by atoms with Gasteiger partial charge in [0, 0.05) is 55.0 Å². The molecule has 0 saturated heterocycles. The van der Waals surface area contributed by atoms with Crippen molar-refractivity contribution in [3.05, 3.63) is 63.9 Å². The van der Waals surface area contributed by atoms with Crippen molar-refractivity contribution in [3.8, 4) is 34.4 Å². The summed E-state index contributed by atoms with van der Waals surface area (Å²) >= 11 is 1.60. The molecule has 3 heterocycles. The van der Waals surface area contributed by atoms with Crippen molar-refractivity contribution in [1.29, 1.82) is 0 Å². The Morgan fingerprint density at radius 1 is 1.35 bits per heavy atom. The quantitative estimate of drug-likeness (QED) is 0.267. The van der Waals surface area contributed by atoms with E-state index in [-0.39, 0.29) is 5.91 Å². The van der Waals surface area contributed by atoms with Crippen LogP contribution in [0.5, 0.6) is 0 Å². The molecule has 0 atom stereocenters. The van der Waals surface area contributed by atoms with E-state index in [9.17, 15) is 4.79 Å². The average molecular weight is 473 g/mol. The van der Waals surface area contributed by atoms with Gasteiger partial charge in [-0.15, -0.1) is 11.3 Å². The number of nitrogens with zero attached hydrogens (tertiary/aromatic N) is 4. The minimum absolute atomic E-state index is 0.00526. The Morgan fingerprint density at radius 3 is 3.15 bits per heavy atom. The average Bonchev–Trinajstić information content (AvgIpc) is 3.62. The first-order valence-corrected chi connectivity index (χ1v) is 11.9. The molecule has 0 radical (unpaired) electrons. The van der Waals surface area contributed by atoms with Gasteiger partial charge in [0.1, 0.15) is 12.7 Å². The van der Waals surface area contributed by atoms with Crippen molar-refractivity contribution in [3.63, 3.8) is 0 Å². The van der Waals surface area contributed by atoms with Gasteiger partial charge in [0.2, 0.25) is 5.91 Å². The zero-order chi connectivity index (χ0) is 23.3. The van der Waals surface area contributed by atoms with E-state index in [1.165, 1.54) is 22.3 Å². The third kappa shape index (κ3) is 4.78. The number of hydrogen-bond acceptors (Lipinski definition) is 6. The molecule has 0 spiro atoms. The number of thiophene rings is 1. The highest BCUT2D eigenvalue weighted by Gasteiger charge is 2.25. The number of nitrogens with one attached hydrogen (secondary N) is 2. The Balaban J connectivity index is 1.25. The third-order valence-corrected chi connectivity index (χ3v) is 6.52. The zero-order valence-electron chi connectivity index (χ0n) is 18.8. The van der Waals surface area contributed by atoms with E-state index < -0.39 is 0 Å². The summed E-state index contributed by atoms with van der Waals surface area (Å²) in [5, 5.41) is 17.0. The fourth-order valence-electron chi connectivity index (χ4n) is 4.03. The molecule has 0 unspecified atom stereocenters. The predicted octanol–water partition coefficient (Wildman–Crippen LogP) is 3.24. The second-order valence-electron chi connectivity index (χ2n) is 8.03. The number of benzene rings is 1. The van der Waals surface area contributed by atoms with Crippen LogP contribution in [0.25, 0.3) is 22.5 Å². The summed E-state index contributed by atoms with van der Waals surface area (Å²) in [6, 6.07) is 8.62. The van der Waals surface area contributed by atoms with Gasteiger partial charge >= 0.3 is 0 Å². The Morgan fingerprint density at radius 2 is 2.29 bits per heavy atom. The van der Waals surface area contributed by atoms with Crippen LogP contribution in [0.1, 0.15) is 34.4 Å². The maximum atomic E-state index is 11.7. The van der Waals surface area contributed by atoms with Crippen LogP contribution < -0.4 is 5.32 Å². The molecule has 1 aliphatic carbocycles. The van der Waals surface area contributed by atoms with Crippen molar-refractivity contribution in [2.45, 2.75) is 25.8 Å². The van der Waals surface area contributed by atoms with Crippen molar-refractivity contribution in [2.24, 2.45) is 0 Å². The highest BCUT2D eigenvalue weighted by Crippen LogP contribution is 2.41. The van der Waals surface area contributed by atoms with E-state index >= 15 is 0 Å². The number of carbonyl (C=O) groups excluding carboxylic acids is 1. The topological polar surface area (TPSA) is 97.7 Å². The van der Waals surface area contributed by atoms with Crippen LogP contribution in [0, 0.1) is 11.8 Å². The second-order valence-corrected chi connectivity index (χ2v) is 8.94. The highest BCUT2D eigenvalue weighted by molar-refractivity contribution is 7.11. The summed E-state index contributed by atoms with van der Waals surface area (Å²) in [6.07, 6.45) is 5.04. The lowest BCUT2D eigenvalue weighted by molar-refractivity contribution is -0.121. The van der Waals surface area contributed by atoms with Crippen LogP contribution in [0.15, 0.2) is 42.3 Å². The molecule has 34 heavy (non-hydrogen) atoms.